The smallest absolute Gasteiger partial charge is 0.339 e. The summed E-state index contributed by atoms with van der Waals surface area (Å²) in [6, 6.07) is 8.40. The van der Waals surface area contributed by atoms with Gasteiger partial charge in [-0.1, -0.05) is 24.3 Å². The van der Waals surface area contributed by atoms with Crippen molar-refractivity contribution in [1.82, 2.24) is 0 Å². The minimum Gasteiger partial charge on any atom is -0.478 e. The number of rotatable bonds is 4. The molecule has 0 aliphatic heterocycles. The molecule has 2 N–H and O–H groups in total. The van der Waals surface area contributed by atoms with Gasteiger partial charge >= 0.3 is 5.97 Å². The number of fused-ring (bicyclic) bond motifs is 1. The van der Waals surface area contributed by atoms with Gasteiger partial charge < -0.3 is 10.4 Å². The average molecular weight is 367 g/mol. The number of hydrogen-bond donors (Lipinski definition) is 2. The number of carboxylic acid groups (broad SMARTS) is 1. The topological polar surface area (TPSA) is 66.4 Å². The highest BCUT2D eigenvalue weighted by Crippen LogP contribution is 2.64. The summed E-state index contributed by atoms with van der Waals surface area (Å²) in [7, 11) is 0. The minimum atomic E-state index is -0.937. The lowest BCUT2D eigenvalue weighted by atomic mass is 9.44. The van der Waals surface area contributed by atoms with Crippen molar-refractivity contribution in [3.05, 3.63) is 51.9 Å². The van der Waals surface area contributed by atoms with Crippen LogP contribution in [0.15, 0.2) is 29.6 Å². The second-order valence-electron chi connectivity index (χ2n) is 8.12. The molecular weight excluding hydrogens is 346 g/mol. The summed E-state index contributed by atoms with van der Waals surface area (Å²) in [6.07, 6.45) is 5.71. The Balaban J connectivity index is 1.42. The lowest BCUT2D eigenvalue weighted by Gasteiger charge is -2.60. The number of carbonyl (C=O) groups excluding carboxylic acids is 1. The monoisotopic (exact) mass is 367 g/mol. The van der Waals surface area contributed by atoms with Crippen LogP contribution in [0, 0.1) is 11.3 Å². The molecule has 3 saturated carbocycles. The first-order valence-corrected chi connectivity index (χ1v) is 10.2. The zero-order chi connectivity index (χ0) is 17.9. The summed E-state index contributed by atoms with van der Waals surface area (Å²) in [4.78, 5) is 24.6. The highest BCUT2D eigenvalue weighted by atomic mass is 32.1. The Hall–Kier alpha value is -2.14. The van der Waals surface area contributed by atoms with E-state index < -0.39 is 5.97 Å². The summed E-state index contributed by atoms with van der Waals surface area (Å²) in [5.74, 6) is 0.00615. The molecule has 0 spiro atoms. The van der Waals surface area contributed by atoms with Crippen LogP contribution in [0.25, 0.3) is 0 Å². The fraction of sp³-hybridized carbons (Fsp3) is 0.429. The highest BCUT2D eigenvalue weighted by Gasteiger charge is 2.61. The van der Waals surface area contributed by atoms with E-state index >= 15 is 0 Å². The number of hydrogen-bond acceptors (Lipinski definition) is 3. The first kappa shape index (κ1) is 16.1. The van der Waals surface area contributed by atoms with Gasteiger partial charge in [0.15, 0.2) is 0 Å². The van der Waals surface area contributed by atoms with E-state index in [0.29, 0.717) is 10.6 Å². The summed E-state index contributed by atoms with van der Waals surface area (Å²) in [6.45, 7) is 0. The molecule has 1 amide bonds. The largest absolute Gasteiger partial charge is 0.478 e. The van der Waals surface area contributed by atoms with Gasteiger partial charge in [-0.05, 0) is 72.4 Å². The molecule has 3 fully saturated rings. The molecule has 0 saturated heterocycles. The zero-order valence-corrected chi connectivity index (χ0v) is 15.3. The van der Waals surface area contributed by atoms with E-state index in [1.807, 2.05) is 11.4 Å². The number of anilines is 1. The number of thiophene rings is 1. The number of aryl methyl sites for hydroxylation is 1. The van der Waals surface area contributed by atoms with Crippen LogP contribution in [0.2, 0.25) is 0 Å². The second kappa shape index (κ2) is 5.68. The van der Waals surface area contributed by atoms with Crippen molar-refractivity contribution >= 4 is 28.2 Å². The SMILES string of the molecule is O=C(O)c1c(C2CCc3ccccc3C2)csc1NC(=O)C12CC(C1)C2. The van der Waals surface area contributed by atoms with Crippen LogP contribution < -0.4 is 5.32 Å². The number of carboxylic acids is 1. The minimum absolute atomic E-state index is 0.0184. The molecule has 0 radical (unpaired) electrons. The van der Waals surface area contributed by atoms with Crippen LogP contribution in [0.1, 0.15) is 58.6 Å². The van der Waals surface area contributed by atoms with Gasteiger partial charge in [0.25, 0.3) is 0 Å². The van der Waals surface area contributed by atoms with Gasteiger partial charge in [-0.3, -0.25) is 4.79 Å². The summed E-state index contributed by atoms with van der Waals surface area (Å²) in [5, 5.41) is 15.2. The van der Waals surface area contributed by atoms with Gasteiger partial charge in [0.2, 0.25) is 5.91 Å². The molecule has 1 heterocycles. The quantitative estimate of drug-likeness (QED) is 0.838. The van der Waals surface area contributed by atoms with Crippen LogP contribution in [0.4, 0.5) is 5.00 Å². The summed E-state index contributed by atoms with van der Waals surface area (Å²) < 4.78 is 0. The van der Waals surface area contributed by atoms with Crippen molar-refractivity contribution in [2.24, 2.45) is 11.3 Å². The van der Waals surface area contributed by atoms with Gasteiger partial charge in [-0.15, -0.1) is 11.3 Å². The Morgan fingerprint density at radius 2 is 1.88 bits per heavy atom. The Morgan fingerprint density at radius 1 is 1.15 bits per heavy atom. The van der Waals surface area contributed by atoms with E-state index in [1.165, 1.54) is 22.5 Å². The maximum Gasteiger partial charge on any atom is 0.339 e. The van der Waals surface area contributed by atoms with Gasteiger partial charge in [0.1, 0.15) is 5.00 Å². The van der Waals surface area contributed by atoms with E-state index in [9.17, 15) is 14.7 Å². The van der Waals surface area contributed by atoms with Crippen LogP contribution in [-0.4, -0.2) is 17.0 Å². The molecule has 1 aromatic carbocycles. The van der Waals surface area contributed by atoms with E-state index in [0.717, 1.165) is 50.0 Å². The molecule has 6 rings (SSSR count). The number of nitrogens with one attached hydrogen (secondary N) is 1. The zero-order valence-electron chi connectivity index (χ0n) is 14.5. The fourth-order valence-corrected chi connectivity index (χ4v) is 5.97. The molecule has 2 aromatic rings. The van der Waals surface area contributed by atoms with Crippen LogP contribution in [-0.2, 0) is 17.6 Å². The molecule has 1 aromatic heterocycles. The molecular formula is C21H21NO3S. The Morgan fingerprint density at radius 3 is 2.54 bits per heavy atom. The molecule has 5 heteroatoms. The Kier molecular flexibility index (Phi) is 3.51. The Labute approximate surface area is 156 Å². The molecule has 2 bridgehead atoms. The average Bonchev–Trinajstić information content (AvgIpc) is 2.95. The molecule has 26 heavy (non-hydrogen) atoms. The first-order valence-electron chi connectivity index (χ1n) is 9.29. The standard InChI is InChI=1S/C21H21NO3S/c23-19(24)17-16(15-6-5-13-3-1-2-4-14(13)7-15)11-26-18(17)22-20(25)21-8-12(9-21)10-21/h1-4,11-12,15H,5-10H2,(H,22,25)(H,23,24). The summed E-state index contributed by atoms with van der Waals surface area (Å²) >= 11 is 1.36. The molecule has 1 unspecified atom stereocenters. The van der Waals surface area contributed by atoms with Gasteiger partial charge in [0, 0.05) is 0 Å². The summed E-state index contributed by atoms with van der Waals surface area (Å²) in [5.41, 5.74) is 3.66. The maximum absolute atomic E-state index is 12.6. The lowest BCUT2D eigenvalue weighted by Crippen LogP contribution is -2.58. The molecule has 4 aliphatic rings. The fourth-order valence-electron chi connectivity index (χ4n) is 4.94. The van der Waals surface area contributed by atoms with Crippen molar-refractivity contribution in [1.29, 1.82) is 0 Å². The second-order valence-corrected chi connectivity index (χ2v) is 9.00. The van der Waals surface area contributed by atoms with Gasteiger partial charge in [0.05, 0.1) is 11.0 Å². The van der Waals surface area contributed by atoms with Crippen molar-refractivity contribution in [3.8, 4) is 0 Å². The highest BCUT2D eigenvalue weighted by molar-refractivity contribution is 7.15. The van der Waals surface area contributed by atoms with Crippen LogP contribution in [0.3, 0.4) is 0 Å². The first-order chi connectivity index (χ1) is 12.6. The predicted molar refractivity (Wildman–Crippen MR) is 101 cm³/mol. The van der Waals surface area contributed by atoms with E-state index in [4.69, 9.17) is 0 Å². The molecule has 4 nitrogen and oxygen atoms in total. The number of aromatic carboxylic acids is 1. The maximum atomic E-state index is 12.6. The number of amides is 1. The van der Waals surface area contributed by atoms with Gasteiger partial charge in [-0.25, -0.2) is 4.79 Å². The molecule has 4 aliphatic carbocycles. The molecule has 134 valence electrons. The van der Waals surface area contributed by atoms with Crippen molar-refractivity contribution in [2.75, 3.05) is 5.32 Å². The van der Waals surface area contributed by atoms with E-state index in [1.54, 1.807) is 0 Å². The third-order valence-corrected chi connectivity index (χ3v) is 7.48. The third-order valence-electron chi connectivity index (χ3n) is 6.57. The van der Waals surface area contributed by atoms with Gasteiger partial charge in [-0.2, -0.15) is 0 Å². The number of carbonyl (C=O) groups is 2. The van der Waals surface area contributed by atoms with E-state index in [2.05, 4.69) is 23.5 Å². The van der Waals surface area contributed by atoms with Crippen molar-refractivity contribution in [2.45, 2.75) is 44.4 Å². The van der Waals surface area contributed by atoms with Crippen LogP contribution in [0.5, 0.6) is 0 Å². The lowest BCUT2D eigenvalue weighted by molar-refractivity contribution is -0.158. The Bertz CT molecular complexity index is 899. The van der Waals surface area contributed by atoms with E-state index in [-0.39, 0.29) is 17.2 Å². The van der Waals surface area contributed by atoms with Crippen molar-refractivity contribution in [3.63, 3.8) is 0 Å². The third kappa shape index (κ3) is 2.33. The molecule has 1 atom stereocenters. The van der Waals surface area contributed by atoms with Crippen LogP contribution >= 0.6 is 11.3 Å². The number of benzene rings is 1. The van der Waals surface area contributed by atoms with Crippen molar-refractivity contribution < 1.29 is 14.7 Å². The normalized spacial score (nSPS) is 28.5. The predicted octanol–water partition coefficient (Wildman–Crippen LogP) is 4.46.